The van der Waals surface area contributed by atoms with Gasteiger partial charge < -0.3 is 19.2 Å². The third-order valence-corrected chi connectivity index (χ3v) is 6.19. The van der Waals surface area contributed by atoms with Gasteiger partial charge in [-0.05, 0) is 54.3 Å². The summed E-state index contributed by atoms with van der Waals surface area (Å²) in [6.07, 6.45) is 4.58. The van der Waals surface area contributed by atoms with E-state index < -0.39 is 0 Å². The zero-order valence-corrected chi connectivity index (χ0v) is 17.3. The summed E-state index contributed by atoms with van der Waals surface area (Å²) in [5.74, 6) is -0.0386. The fourth-order valence-electron chi connectivity index (χ4n) is 4.54. The lowest BCUT2D eigenvalue weighted by Gasteiger charge is -2.23. The summed E-state index contributed by atoms with van der Waals surface area (Å²) in [4.78, 5) is 23.9. The molecule has 3 aromatic rings. The first-order chi connectivity index (χ1) is 15.2. The first-order valence-corrected chi connectivity index (χ1v) is 10.9. The molecule has 0 spiro atoms. The molecule has 0 unspecified atom stereocenters. The third kappa shape index (κ3) is 4.16. The smallest absolute Gasteiger partial charge is 0.234 e. The number of piperidine rings is 1. The van der Waals surface area contributed by atoms with E-state index in [9.17, 15) is 9.59 Å². The quantitative estimate of drug-likeness (QED) is 0.468. The van der Waals surface area contributed by atoms with Crippen molar-refractivity contribution in [2.24, 2.45) is 0 Å². The number of furan rings is 1. The van der Waals surface area contributed by atoms with Crippen LogP contribution in [0.5, 0.6) is 5.75 Å². The monoisotopic (exact) mass is 422 g/mol. The van der Waals surface area contributed by atoms with Gasteiger partial charge in [-0.15, -0.1) is 0 Å². The summed E-state index contributed by atoms with van der Waals surface area (Å²) in [6, 6.07) is 10.4. The van der Waals surface area contributed by atoms with Crippen LogP contribution in [0.2, 0.25) is 0 Å². The molecule has 2 fully saturated rings. The number of ether oxygens (including phenoxy) is 2. The molecule has 7 heteroatoms. The summed E-state index contributed by atoms with van der Waals surface area (Å²) in [5.41, 5.74) is 1.57. The van der Waals surface area contributed by atoms with Crippen LogP contribution >= 0.6 is 0 Å². The lowest BCUT2D eigenvalue weighted by atomic mass is 9.89. The van der Waals surface area contributed by atoms with E-state index in [4.69, 9.17) is 13.9 Å². The van der Waals surface area contributed by atoms with Crippen molar-refractivity contribution in [3.05, 3.63) is 42.2 Å². The van der Waals surface area contributed by atoms with Gasteiger partial charge in [-0.3, -0.25) is 14.9 Å². The fraction of sp³-hybridized carbons (Fsp3) is 0.417. The summed E-state index contributed by atoms with van der Waals surface area (Å²) in [6.45, 7) is 3.04. The maximum Gasteiger partial charge on any atom is 0.234 e. The van der Waals surface area contributed by atoms with Gasteiger partial charge in [0.25, 0.3) is 0 Å². The van der Waals surface area contributed by atoms with Gasteiger partial charge in [-0.2, -0.15) is 0 Å². The van der Waals surface area contributed by atoms with Crippen molar-refractivity contribution in [3.8, 4) is 5.75 Å². The van der Waals surface area contributed by atoms with E-state index in [1.165, 1.54) is 0 Å². The molecule has 1 atom stereocenters. The topological polar surface area (TPSA) is 89.8 Å². The van der Waals surface area contributed by atoms with Gasteiger partial charge in [0.15, 0.2) is 0 Å². The van der Waals surface area contributed by atoms with Gasteiger partial charge in [0, 0.05) is 43.2 Å². The van der Waals surface area contributed by atoms with Crippen molar-refractivity contribution in [2.75, 3.05) is 26.4 Å². The Morgan fingerprint density at radius 3 is 2.81 bits per heavy atom. The molecular formula is C24H26N2O5. The molecule has 2 amide bonds. The number of hydrogen-bond donors (Lipinski definition) is 2. The van der Waals surface area contributed by atoms with Crippen LogP contribution < -0.4 is 15.4 Å². The molecular weight excluding hydrogens is 396 g/mol. The molecule has 3 heterocycles. The Hall–Kier alpha value is -2.90. The molecule has 2 aromatic carbocycles. The minimum Gasteiger partial charge on any atom is -0.492 e. The highest BCUT2D eigenvalue weighted by Gasteiger charge is 2.31. The van der Waals surface area contributed by atoms with Crippen molar-refractivity contribution in [2.45, 2.75) is 37.6 Å². The molecule has 7 nitrogen and oxygen atoms in total. The molecule has 162 valence electrons. The predicted molar refractivity (Wildman–Crippen MR) is 116 cm³/mol. The average Bonchev–Trinajstić information content (AvgIpc) is 3.21. The molecule has 2 aliphatic heterocycles. The second kappa shape index (κ2) is 8.69. The van der Waals surface area contributed by atoms with Crippen LogP contribution in [-0.4, -0.2) is 44.2 Å². The normalized spacial score (nSPS) is 20.3. The number of rotatable bonds is 6. The number of carbonyl (C=O) groups is 2. The van der Waals surface area contributed by atoms with Crippen LogP contribution in [0.1, 0.15) is 37.2 Å². The van der Waals surface area contributed by atoms with Crippen LogP contribution in [0.15, 0.2) is 41.0 Å². The average molecular weight is 422 g/mol. The first-order valence-electron chi connectivity index (χ1n) is 10.9. The summed E-state index contributed by atoms with van der Waals surface area (Å²) in [7, 11) is 0. The number of nitrogens with one attached hydrogen (secondary N) is 2. The molecule has 0 saturated carbocycles. The molecule has 31 heavy (non-hydrogen) atoms. The Morgan fingerprint density at radius 2 is 1.97 bits per heavy atom. The van der Waals surface area contributed by atoms with Crippen molar-refractivity contribution in [1.29, 1.82) is 0 Å². The lowest BCUT2D eigenvalue weighted by molar-refractivity contribution is -0.134. The standard InChI is InChI=1S/C24H26N2O5/c27-22-6-4-19(24(28)26-22)20-14-31-21-5-1-15-13-17(2-3-18(15)23(20)21)30-12-9-25-16-7-10-29-11-8-16/h1-3,5,13-14,16,19,25H,4,6-12H2,(H,26,27,28)/t19-/m1/s1. The lowest BCUT2D eigenvalue weighted by Crippen LogP contribution is -2.39. The molecule has 2 N–H and O–H groups in total. The van der Waals surface area contributed by atoms with Gasteiger partial charge in [0.05, 0.1) is 12.2 Å². The number of fused-ring (bicyclic) bond motifs is 3. The van der Waals surface area contributed by atoms with Crippen molar-refractivity contribution >= 4 is 33.6 Å². The number of carbonyl (C=O) groups excluding carboxylic acids is 2. The van der Waals surface area contributed by atoms with E-state index in [2.05, 4.69) is 10.6 Å². The van der Waals surface area contributed by atoms with E-state index in [0.29, 0.717) is 25.5 Å². The van der Waals surface area contributed by atoms with Gasteiger partial charge in [0.2, 0.25) is 11.8 Å². The van der Waals surface area contributed by atoms with E-state index in [-0.39, 0.29) is 17.7 Å². The Morgan fingerprint density at radius 1 is 1.10 bits per heavy atom. The van der Waals surface area contributed by atoms with E-state index >= 15 is 0 Å². The second-order valence-corrected chi connectivity index (χ2v) is 8.21. The summed E-state index contributed by atoms with van der Waals surface area (Å²) >= 11 is 0. The van der Waals surface area contributed by atoms with Crippen molar-refractivity contribution < 1.29 is 23.5 Å². The Balaban J connectivity index is 1.33. The second-order valence-electron chi connectivity index (χ2n) is 8.21. The number of benzene rings is 2. The Kier molecular flexibility index (Phi) is 5.61. The highest BCUT2D eigenvalue weighted by molar-refractivity contribution is 6.10. The summed E-state index contributed by atoms with van der Waals surface area (Å²) < 4.78 is 17.1. The van der Waals surface area contributed by atoms with Crippen LogP contribution in [0, 0.1) is 0 Å². The fourth-order valence-corrected chi connectivity index (χ4v) is 4.54. The van der Waals surface area contributed by atoms with Gasteiger partial charge in [-0.1, -0.05) is 6.07 Å². The molecule has 5 rings (SSSR count). The predicted octanol–water partition coefficient (Wildman–Crippen LogP) is 3.25. The number of imide groups is 1. The van der Waals surface area contributed by atoms with E-state index in [0.717, 1.165) is 65.7 Å². The van der Waals surface area contributed by atoms with E-state index in [1.807, 2.05) is 30.3 Å². The molecule has 0 aliphatic carbocycles. The Bertz CT molecular complexity index is 1120. The molecule has 2 saturated heterocycles. The minimum atomic E-state index is -0.378. The number of amides is 2. The zero-order chi connectivity index (χ0) is 21.2. The zero-order valence-electron chi connectivity index (χ0n) is 17.3. The van der Waals surface area contributed by atoms with Gasteiger partial charge >= 0.3 is 0 Å². The third-order valence-electron chi connectivity index (χ3n) is 6.19. The van der Waals surface area contributed by atoms with Crippen molar-refractivity contribution in [3.63, 3.8) is 0 Å². The molecule has 1 aromatic heterocycles. The molecule has 2 aliphatic rings. The minimum absolute atomic E-state index is 0.216. The summed E-state index contributed by atoms with van der Waals surface area (Å²) in [5, 5.41) is 8.93. The number of hydrogen-bond acceptors (Lipinski definition) is 6. The van der Waals surface area contributed by atoms with Crippen LogP contribution in [-0.2, 0) is 14.3 Å². The maximum atomic E-state index is 12.4. The highest BCUT2D eigenvalue weighted by atomic mass is 16.5. The van der Waals surface area contributed by atoms with Crippen LogP contribution in [0.25, 0.3) is 21.7 Å². The largest absolute Gasteiger partial charge is 0.492 e. The van der Waals surface area contributed by atoms with E-state index in [1.54, 1.807) is 6.26 Å². The Labute approximate surface area is 180 Å². The molecule has 0 radical (unpaired) electrons. The SMILES string of the molecule is O=C1CC[C@H](c2coc3ccc4cc(OCCNC5CCOCC5)ccc4c23)C(=O)N1. The van der Waals surface area contributed by atoms with Crippen LogP contribution in [0.3, 0.4) is 0 Å². The van der Waals surface area contributed by atoms with Gasteiger partial charge in [-0.25, -0.2) is 0 Å². The maximum absolute atomic E-state index is 12.4. The first kappa shape index (κ1) is 20.0. The van der Waals surface area contributed by atoms with Gasteiger partial charge in [0.1, 0.15) is 17.9 Å². The highest BCUT2D eigenvalue weighted by Crippen LogP contribution is 2.37. The van der Waals surface area contributed by atoms with Crippen molar-refractivity contribution in [1.82, 2.24) is 10.6 Å². The molecule has 0 bridgehead atoms. The van der Waals surface area contributed by atoms with Crippen LogP contribution in [0.4, 0.5) is 0 Å².